The quantitative estimate of drug-likeness (QED) is 0.626. The molecule has 2 aromatic rings. The molecule has 1 aliphatic heterocycles. The highest BCUT2D eigenvalue weighted by Gasteiger charge is 2.31. The molecule has 0 radical (unpaired) electrons. The van der Waals surface area contributed by atoms with E-state index in [4.69, 9.17) is 16.3 Å². The van der Waals surface area contributed by atoms with Crippen molar-refractivity contribution in [1.29, 1.82) is 0 Å². The van der Waals surface area contributed by atoms with Crippen LogP contribution in [0, 0.1) is 11.6 Å². The SMILES string of the molecule is C[C@H](/C=C/S(C)(=O)=O)NC(=O)c1cnc(N2CCOCC2c2c(F)ccc(F)c2Cl)cn1. The van der Waals surface area contributed by atoms with Crippen LogP contribution in [-0.4, -0.2) is 56.3 Å². The number of ether oxygens (including phenoxy) is 1. The minimum absolute atomic E-state index is 0.00753. The van der Waals surface area contributed by atoms with E-state index in [9.17, 15) is 22.0 Å². The fourth-order valence-electron chi connectivity index (χ4n) is 3.14. The van der Waals surface area contributed by atoms with E-state index in [1.807, 2.05) is 0 Å². The van der Waals surface area contributed by atoms with Gasteiger partial charge in [0.05, 0.1) is 36.7 Å². The summed E-state index contributed by atoms with van der Waals surface area (Å²) < 4.78 is 56.2. The lowest BCUT2D eigenvalue weighted by Crippen LogP contribution is -2.41. The van der Waals surface area contributed by atoms with Crippen molar-refractivity contribution < 1.29 is 26.7 Å². The Bertz CT molecular complexity index is 1130. The fourth-order valence-corrected chi connectivity index (χ4v) is 3.94. The van der Waals surface area contributed by atoms with Gasteiger partial charge in [0.2, 0.25) is 0 Å². The topological polar surface area (TPSA) is 101 Å². The Balaban J connectivity index is 1.79. The van der Waals surface area contributed by atoms with Crippen LogP contribution in [-0.2, 0) is 14.6 Å². The summed E-state index contributed by atoms with van der Waals surface area (Å²) in [4.78, 5) is 22.4. The van der Waals surface area contributed by atoms with Crippen molar-refractivity contribution >= 4 is 33.2 Å². The molecule has 0 aliphatic carbocycles. The highest BCUT2D eigenvalue weighted by molar-refractivity contribution is 7.93. The third-order valence-electron chi connectivity index (χ3n) is 4.68. The molecule has 8 nitrogen and oxygen atoms in total. The largest absolute Gasteiger partial charge is 0.377 e. The number of hydrogen-bond acceptors (Lipinski definition) is 7. The van der Waals surface area contributed by atoms with Crippen LogP contribution in [0.15, 0.2) is 36.0 Å². The number of benzene rings is 1. The lowest BCUT2D eigenvalue weighted by atomic mass is 10.0. The average Bonchev–Trinajstić information content (AvgIpc) is 2.75. The number of nitrogens with zero attached hydrogens (tertiary/aromatic N) is 3. The molecule has 2 atom stereocenters. The van der Waals surface area contributed by atoms with Gasteiger partial charge in [0.1, 0.15) is 23.1 Å². The highest BCUT2D eigenvalue weighted by Crippen LogP contribution is 2.35. The zero-order valence-corrected chi connectivity index (χ0v) is 18.8. The zero-order chi connectivity index (χ0) is 23.5. The summed E-state index contributed by atoms with van der Waals surface area (Å²) in [6.45, 7) is 2.33. The van der Waals surface area contributed by atoms with Gasteiger partial charge >= 0.3 is 0 Å². The van der Waals surface area contributed by atoms with Gasteiger partial charge in [0.15, 0.2) is 9.84 Å². The van der Waals surface area contributed by atoms with E-state index < -0.39 is 39.5 Å². The van der Waals surface area contributed by atoms with Gasteiger partial charge in [-0.1, -0.05) is 17.7 Å². The van der Waals surface area contributed by atoms with E-state index in [1.54, 1.807) is 11.8 Å². The van der Waals surface area contributed by atoms with Gasteiger partial charge in [-0.15, -0.1) is 0 Å². The number of rotatable bonds is 6. The highest BCUT2D eigenvalue weighted by atomic mass is 35.5. The summed E-state index contributed by atoms with van der Waals surface area (Å²) in [7, 11) is -3.31. The predicted molar refractivity (Wildman–Crippen MR) is 115 cm³/mol. The lowest BCUT2D eigenvalue weighted by molar-refractivity contribution is 0.0922. The van der Waals surface area contributed by atoms with Crippen LogP contribution in [0.3, 0.4) is 0 Å². The van der Waals surface area contributed by atoms with Crippen molar-refractivity contribution in [2.24, 2.45) is 0 Å². The first-order valence-corrected chi connectivity index (χ1v) is 11.9. The Kier molecular flexibility index (Phi) is 7.42. The summed E-state index contributed by atoms with van der Waals surface area (Å²) in [5.74, 6) is -1.63. The maximum Gasteiger partial charge on any atom is 0.271 e. The molecule has 1 aromatic carbocycles. The van der Waals surface area contributed by atoms with E-state index in [2.05, 4.69) is 15.3 Å². The third kappa shape index (κ3) is 5.78. The molecule has 3 rings (SSSR count). The predicted octanol–water partition coefficient (Wildman–Crippen LogP) is 2.66. The number of anilines is 1. The molecule has 0 spiro atoms. The molecule has 1 fully saturated rings. The number of sulfone groups is 1. The summed E-state index contributed by atoms with van der Waals surface area (Å²) in [6.07, 6.45) is 4.97. The van der Waals surface area contributed by atoms with E-state index in [1.165, 1.54) is 18.5 Å². The van der Waals surface area contributed by atoms with E-state index in [0.29, 0.717) is 19.0 Å². The average molecular weight is 487 g/mol. The molecule has 0 saturated carbocycles. The molecule has 1 aromatic heterocycles. The first-order chi connectivity index (χ1) is 15.1. The van der Waals surface area contributed by atoms with Crippen molar-refractivity contribution in [2.75, 3.05) is 30.9 Å². The normalized spacial score (nSPS) is 18.0. The van der Waals surface area contributed by atoms with Crippen LogP contribution in [0.25, 0.3) is 0 Å². The van der Waals surface area contributed by atoms with Gasteiger partial charge in [-0.25, -0.2) is 27.2 Å². The van der Waals surface area contributed by atoms with Crippen LogP contribution in [0.1, 0.15) is 29.0 Å². The molecule has 1 N–H and O–H groups in total. The van der Waals surface area contributed by atoms with Crippen molar-refractivity contribution in [2.45, 2.75) is 19.0 Å². The first kappa shape index (κ1) is 24.0. The summed E-state index contributed by atoms with van der Waals surface area (Å²) in [5.41, 5.74) is -0.0328. The summed E-state index contributed by atoms with van der Waals surface area (Å²) in [5, 5.41) is 3.26. The van der Waals surface area contributed by atoms with Crippen molar-refractivity contribution in [3.8, 4) is 0 Å². The number of amides is 1. The van der Waals surface area contributed by atoms with Crippen LogP contribution in [0.5, 0.6) is 0 Å². The van der Waals surface area contributed by atoms with Gasteiger partial charge in [0.25, 0.3) is 5.91 Å². The Morgan fingerprint density at radius 1 is 1.31 bits per heavy atom. The Morgan fingerprint density at radius 2 is 2.03 bits per heavy atom. The van der Waals surface area contributed by atoms with Gasteiger partial charge in [-0.05, 0) is 19.1 Å². The molecule has 172 valence electrons. The number of morpholine rings is 1. The number of carbonyl (C=O) groups is 1. The molecule has 2 heterocycles. The molecule has 0 bridgehead atoms. The Hall–Kier alpha value is -2.63. The second-order valence-electron chi connectivity index (χ2n) is 7.22. The molecule has 1 saturated heterocycles. The standard InChI is InChI=1S/C20H21ClF2N4O4S/c1-12(5-8-32(2,29)30)26-20(28)15-9-25-17(10-24-15)27-6-7-31-11-16(27)18-13(22)3-4-14(23)19(18)21/h3-5,8-10,12,16H,6-7,11H2,1-2H3,(H,26,28)/b8-5+/t12-,16?/m1/s1. The maximum absolute atomic E-state index is 14.5. The van der Waals surface area contributed by atoms with E-state index >= 15 is 0 Å². The van der Waals surface area contributed by atoms with E-state index in [-0.39, 0.29) is 22.9 Å². The first-order valence-electron chi connectivity index (χ1n) is 9.55. The molecule has 1 aliphatic rings. The van der Waals surface area contributed by atoms with Crippen LogP contribution in [0.2, 0.25) is 5.02 Å². The van der Waals surface area contributed by atoms with Gasteiger partial charge < -0.3 is 15.0 Å². The molecular formula is C20H21ClF2N4O4S. The lowest BCUT2D eigenvalue weighted by Gasteiger charge is -2.37. The minimum Gasteiger partial charge on any atom is -0.377 e. The van der Waals surface area contributed by atoms with E-state index in [0.717, 1.165) is 23.8 Å². The molecule has 12 heteroatoms. The second-order valence-corrected chi connectivity index (χ2v) is 9.53. The molecule has 32 heavy (non-hydrogen) atoms. The summed E-state index contributed by atoms with van der Waals surface area (Å²) >= 11 is 6.02. The van der Waals surface area contributed by atoms with Gasteiger partial charge in [0, 0.05) is 29.8 Å². The number of aromatic nitrogens is 2. The molecular weight excluding hydrogens is 466 g/mol. The Morgan fingerprint density at radius 3 is 2.69 bits per heavy atom. The van der Waals surface area contributed by atoms with Crippen molar-refractivity contribution in [1.82, 2.24) is 15.3 Å². The number of halogens is 3. The number of carbonyl (C=O) groups excluding carboxylic acids is 1. The van der Waals surface area contributed by atoms with Gasteiger partial charge in [-0.2, -0.15) is 0 Å². The monoisotopic (exact) mass is 486 g/mol. The number of nitrogens with one attached hydrogen (secondary N) is 1. The van der Waals surface area contributed by atoms with Gasteiger partial charge in [-0.3, -0.25) is 4.79 Å². The van der Waals surface area contributed by atoms with Crippen molar-refractivity contribution in [3.05, 3.63) is 63.9 Å². The third-order valence-corrected chi connectivity index (χ3v) is 5.72. The molecule has 1 unspecified atom stereocenters. The molecule has 1 amide bonds. The van der Waals surface area contributed by atoms with Crippen LogP contribution < -0.4 is 10.2 Å². The zero-order valence-electron chi connectivity index (χ0n) is 17.3. The van der Waals surface area contributed by atoms with Crippen molar-refractivity contribution in [3.63, 3.8) is 0 Å². The van der Waals surface area contributed by atoms with Crippen LogP contribution in [0.4, 0.5) is 14.6 Å². The smallest absolute Gasteiger partial charge is 0.271 e. The van der Waals surface area contributed by atoms with Crippen LogP contribution >= 0.6 is 11.6 Å². The second kappa shape index (κ2) is 9.88. The number of hydrogen-bond donors (Lipinski definition) is 1. The Labute approximate surface area is 189 Å². The minimum atomic E-state index is -3.31. The fraction of sp³-hybridized carbons (Fsp3) is 0.350. The maximum atomic E-state index is 14.5. The summed E-state index contributed by atoms with van der Waals surface area (Å²) in [6, 6.07) is 0.665.